The summed E-state index contributed by atoms with van der Waals surface area (Å²) in [5.41, 5.74) is 0. The summed E-state index contributed by atoms with van der Waals surface area (Å²) >= 11 is 0. The predicted molar refractivity (Wildman–Crippen MR) is 72.0 cm³/mol. The van der Waals surface area contributed by atoms with Crippen LogP contribution in [0, 0.1) is 11.6 Å². The SMILES string of the molecule is C=CCCCOc1ccc(OCCC(C)F)c(F)c1F. The molecule has 20 heavy (non-hydrogen) atoms. The molecule has 0 saturated carbocycles. The van der Waals surface area contributed by atoms with Crippen LogP contribution in [0.4, 0.5) is 13.2 Å². The van der Waals surface area contributed by atoms with Gasteiger partial charge < -0.3 is 9.47 Å². The first kappa shape index (κ1) is 16.4. The third-order valence-corrected chi connectivity index (χ3v) is 2.59. The van der Waals surface area contributed by atoms with Crippen molar-refractivity contribution in [1.29, 1.82) is 0 Å². The van der Waals surface area contributed by atoms with Gasteiger partial charge in [0.25, 0.3) is 0 Å². The molecule has 0 heterocycles. The summed E-state index contributed by atoms with van der Waals surface area (Å²) < 4.78 is 50.1. The molecule has 1 aromatic rings. The van der Waals surface area contributed by atoms with E-state index in [1.807, 2.05) is 0 Å². The van der Waals surface area contributed by atoms with Crippen molar-refractivity contribution in [3.8, 4) is 11.5 Å². The molecular formula is C15H19F3O2. The molecule has 0 amide bonds. The second kappa shape index (κ2) is 8.51. The van der Waals surface area contributed by atoms with Gasteiger partial charge in [0.05, 0.1) is 13.2 Å². The summed E-state index contributed by atoms with van der Waals surface area (Å²) in [4.78, 5) is 0. The zero-order valence-electron chi connectivity index (χ0n) is 11.5. The van der Waals surface area contributed by atoms with Crippen LogP contribution >= 0.6 is 0 Å². The molecule has 0 radical (unpaired) electrons. The monoisotopic (exact) mass is 288 g/mol. The van der Waals surface area contributed by atoms with Crippen molar-refractivity contribution in [1.82, 2.24) is 0 Å². The Morgan fingerprint density at radius 2 is 1.70 bits per heavy atom. The van der Waals surface area contributed by atoms with Gasteiger partial charge in [0, 0.05) is 6.42 Å². The largest absolute Gasteiger partial charge is 0.490 e. The van der Waals surface area contributed by atoms with Crippen molar-refractivity contribution < 1.29 is 22.6 Å². The maximum Gasteiger partial charge on any atom is 0.204 e. The van der Waals surface area contributed by atoms with Gasteiger partial charge in [-0.05, 0) is 31.9 Å². The Labute approximate surface area is 117 Å². The summed E-state index contributed by atoms with van der Waals surface area (Å²) in [6.07, 6.45) is 2.23. The number of allylic oxidation sites excluding steroid dienone is 1. The normalized spacial score (nSPS) is 12.0. The summed E-state index contributed by atoms with van der Waals surface area (Å²) in [6.45, 7) is 5.21. The molecule has 0 aliphatic heterocycles. The summed E-state index contributed by atoms with van der Waals surface area (Å²) in [5, 5.41) is 0. The van der Waals surface area contributed by atoms with E-state index in [9.17, 15) is 13.2 Å². The molecule has 2 nitrogen and oxygen atoms in total. The molecule has 1 aromatic carbocycles. The van der Waals surface area contributed by atoms with Crippen LogP contribution < -0.4 is 9.47 Å². The fourth-order valence-electron chi connectivity index (χ4n) is 1.48. The van der Waals surface area contributed by atoms with Crippen molar-refractivity contribution in [3.63, 3.8) is 0 Å². The quantitative estimate of drug-likeness (QED) is 0.494. The van der Waals surface area contributed by atoms with Gasteiger partial charge in [0.15, 0.2) is 11.5 Å². The molecule has 0 fully saturated rings. The predicted octanol–water partition coefficient (Wildman–Crippen LogP) is 4.44. The fourth-order valence-corrected chi connectivity index (χ4v) is 1.48. The first-order chi connectivity index (χ1) is 9.56. The van der Waals surface area contributed by atoms with Crippen molar-refractivity contribution in [3.05, 3.63) is 36.4 Å². The topological polar surface area (TPSA) is 18.5 Å². The van der Waals surface area contributed by atoms with Crippen molar-refractivity contribution in [2.75, 3.05) is 13.2 Å². The third-order valence-electron chi connectivity index (χ3n) is 2.59. The minimum atomic E-state index is -1.11. The van der Waals surface area contributed by atoms with Gasteiger partial charge >= 0.3 is 0 Å². The Hall–Kier alpha value is -1.65. The zero-order chi connectivity index (χ0) is 15.0. The second-order valence-corrected chi connectivity index (χ2v) is 4.39. The number of rotatable bonds is 9. The minimum absolute atomic E-state index is 0.00638. The van der Waals surface area contributed by atoms with Crippen LogP contribution in [0.15, 0.2) is 24.8 Å². The second-order valence-electron chi connectivity index (χ2n) is 4.39. The molecule has 5 heteroatoms. The van der Waals surface area contributed by atoms with E-state index in [-0.39, 0.29) is 31.1 Å². The Morgan fingerprint density at radius 3 is 2.20 bits per heavy atom. The number of benzene rings is 1. The van der Waals surface area contributed by atoms with Crippen molar-refractivity contribution in [2.24, 2.45) is 0 Å². The van der Waals surface area contributed by atoms with E-state index in [2.05, 4.69) is 6.58 Å². The first-order valence-corrected chi connectivity index (χ1v) is 6.54. The van der Waals surface area contributed by atoms with E-state index < -0.39 is 17.8 Å². The third kappa shape index (κ3) is 5.15. The van der Waals surface area contributed by atoms with Crippen LogP contribution in [0.1, 0.15) is 26.2 Å². The molecule has 0 aliphatic rings. The molecule has 0 bridgehead atoms. The van der Waals surface area contributed by atoms with E-state index in [0.717, 1.165) is 6.42 Å². The molecule has 0 aliphatic carbocycles. The summed E-state index contributed by atoms with van der Waals surface area (Å²) in [5.74, 6) is -2.59. The van der Waals surface area contributed by atoms with Crippen LogP contribution in [-0.4, -0.2) is 19.4 Å². The maximum atomic E-state index is 13.7. The molecule has 1 rings (SSSR count). The molecular weight excluding hydrogens is 269 g/mol. The number of halogens is 3. The average molecular weight is 288 g/mol. The smallest absolute Gasteiger partial charge is 0.204 e. The summed E-state index contributed by atoms with van der Waals surface area (Å²) in [7, 11) is 0. The fraction of sp³-hybridized carbons (Fsp3) is 0.467. The number of hydrogen-bond acceptors (Lipinski definition) is 2. The van der Waals surface area contributed by atoms with Crippen LogP contribution in [-0.2, 0) is 0 Å². The summed E-state index contributed by atoms with van der Waals surface area (Å²) in [6, 6.07) is 2.59. The lowest BCUT2D eigenvalue weighted by Gasteiger charge is -2.11. The molecule has 1 unspecified atom stereocenters. The highest BCUT2D eigenvalue weighted by molar-refractivity contribution is 5.35. The van der Waals surface area contributed by atoms with E-state index in [4.69, 9.17) is 9.47 Å². The van der Waals surface area contributed by atoms with Gasteiger partial charge in [-0.25, -0.2) is 4.39 Å². The number of unbranched alkanes of at least 4 members (excludes halogenated alkanes) is 1. The van der Waals surface area contributed by atoms with E-state index in [1.165, 1.54) is 19.1 Å². The molecule has 0 aromatic heterocycles. The Kier molecular flexibility index (Phi) is 6.98. The number of hydrogen-bond donors (Lipinski definition) is 0. The number of alkyl halides is 1. The van der Waals surface area contributed by atoms with Crippen LogP contribution in [0.5, 0.6) is 11.5 Å². The first-order valence-electron chi connectivity index (χ1n) is 6.54. The van der Waals surface area contributed by atoms with Gasteiger partial charge in [-0.2, -0.15) is 8.78 Å². The van der Waals surface area contributed by atoms with Crippen molar-refractivity contribution >= 4 is 0 Å². The highest BCUT2D eigenvalue weighted by Gasteiger charge is 2.15. The van der Waals surface area contributed by atoms with E-state index in [1.54, 1.807) is 6.08 Å². The molecule has 0 spiro atoms. The lowest BCUT2D eigenvalue weighted by atomic mass is 10.3. The van der Waals surface area contributed by atoms with Crippen LogP contribution in [0.25, 0.3) is 0 Å². The standard InChI is InChI=1S/C15H19F3O2/c1-3-4-5-9-19-12-6-7-13(15(18)14(12)17)20-10-8-11(2)16/h3,6-7,11H,1,4-5,8-10H2,2H3. The van der Waals surface area contributed by atoms with E-state index in [0.29, 0.717) is 6.42 Å². The average Bonchev–Trinajstić information content (AvgIpc) is 2.41. The zero-order valence-corrected chi connectivity index (χ0v) is 11.5. The highest BCUT2D eigenvalue weighted by atomic mass is 19.2. The molecule has 0 saturated heterocycles. The van der Waals surface area contributed by atoms with Gasteiger partial charge in [0.1, 0.15) is 6.17 Å². The highest BCUT2D eigenvalue weighted by Crippen LogP contribution is 2.27. The lowest BCUT2D eigenvalue weighted by Crippen LogP contribution is -2.06. The van der Waals surface area contributed by atoms with Gasteiger partial charge in [-0.1, -0.05) is 6.08 Å². The van der Waals surface area contributed by atoms with E-state index >= 15 is 0 Å². The minimum Gasteiger partial charge on any atom is -0.490 e. The van der Waals surface area contributed by atoms with Gasteiger partial charge in [0.2, 0.25) is 11.6 Å². The lowest BCUT2D eigenvalue weighted by molar-refractivity contribution is 0.234. The maximum absolute atomic E-state index is 13.7. The van der Waals surface area contributed by atoms with Crippen LogP contribution in [0.2, 0.25) is 0 Å². The van der Waals surface area contributed by atoms with Crippen LogP contribution in [0.3, 0.4) is 0 Å². The Bertz CT molecular complexity index is 433. The van der Waals surface area contributed by atoms with Gasteiger partial charge in [-0.15, -0.1) is 6.58 Å². The van der Waals surface area contributed by atoms with Crippen molar-refractivity contribution in [2.45, 2.75) is 32.4 Å². The Morgan fingerprint density at radius 1 is 1.15 bits per heavy atom. The molecule has 112 valence electrons. The molecule has 0 N–H and O–H groups in total. The van der Waals surface area contributed by atoms with Gasteiger partial charge in [-0.3, -0.25) is 0 Å². The Balaban J connectivity index is 2.59. The number of ether oxygens (including phenoxy) is 2. The molecule has 1 atom stereocenters.